The van der Waals surface area contributed by atoms with E-state index in [1.807, 2.05) is 36.4 Å². The number of carboxylic acids is 1. The summed E-state index contributed by atoms with van der Waals surface area (Å²) in [6.45, 7) is 0. The molecule has 0 aliphatic carbocycles. The van der Waals surface area contributed by atoms with Crippen molar-refractivity contribution in [2.24, 2.45) is 4.99 Å². The minimum atomic E-state index is -0.972. The molecule has 2 aromatic carbocycles. The van der Waals surface area contributed by atoms with Gasteiger partial charge in [-0.05, 0) is 23.8 Å². The van der Waals surface area contributed by atoms with Gasteiger partial charge in [-0.1, -0.05) is 48.5 Å². The van der Waals surface area contributed by atoms with Crippen LogP contribution in [0.2, 0.25) is 0 Å². The third kappa shape index (κ3) is 3.64. The van der Waals surface area contributed by atoms with Crippen LogP contribution >= 0.6 is 0 Å². The standard InChI is InChI=1S/C16H13NO2/c18-16(19)14-10-4-5-11-15(14)17-12-6-9-13-7-2-1-3-8-13/h1-12H,(H,18,19)/b9-6-,17-12?. The van der Waals surface area contributed by atoms with Crippen molar-refractivity contribution in [2.45, 2.75) is 0 Å². The number of carbonyl (C=O) groups is 1. The molecule has 2 aromatic rings. The van der Waals surface area contributed by atoms with Crippen LogP contribution in [-0.2, 0) is 0 Å². The Morgan fingerprint density at radius 3 is 2.42 bits per heavy atom. The lowest BCUT2D eigenvalue weighted by molar-refractivity contribution is 0.0698. The zero-order valence-electron chi connectivity index (χ0n) is 10.2. The zero-order chi connectivity index (χ0) is 13.5. The Bertz CT molecular complexity index is 616. The van der Waals surface area contributed by atoms with E-state index >= 15 is 0 Å². The van der Waals surface area contributed by atoms with Gasteiger partial charge in [-0.25, -0.2) is 4.79 Å². The molecule has 94 valence electrons. The average molecular weight is 251 g/mol. The van der Waals surface area contributed by atoms with Crippen LogP contribution in [0.4, 0.5) is 5.69 Å². The molecule has 0 aromatic heterocycles. The van der Waals surface area contributed by atoms with E-state index < -0.39 is 5.97 Å². The molecule has 0 spiro atoms. The third-order valence-corrected chi connectivity index (χ3v) is 2.52. The van der Waals surface area contributed by atoms with Gasteiger partial charge in [0, 0.05) is 6.21 Å². The summed E-state index contributed by atoms with van der Waals surface area (Å²) >= 11 is 0. The molecule has 0 atom stereocenters. The van der Waals surface area contributed by atoms with Crippen LogP contribution in [0.5, 0.6) is 0 Å². The van der Waals surface area contributed by atoms with Gasteiger partial charge in [0.25, 0.3) is 0 Å². The first-order valence-electron chi connectivity index (χ1n) is 5.85. The molecule has 3 nitrogen and oxygen atoms in total. The maximum atomic E-state index is 11.0. The summed E-state index contributed by atoms with van der Waals surface area (Å²) in [5.74, 6) is -0.972. The predicted molar refractivity (Wildman–Crippen MR) is 77.0 cm³/mol. The number of allylic oxidation sites excluding steroid dienone is 1. The quantitative estimate of drug-likeness (QED) is 0.840. The Kier molecular flexibility index (Phi) is 4.24. The molecule has 0 fully saturated rings. The number of benzene rings is 2. The van der Waals surface area contributed by atoms with Gasteiger partial charge in [-0.2, -0.15) is 0 Å². The second-order valence-corrected chi connectivity index (χ2v) is 3.87. The molecule has 0 radical (unpaired) electrons. The number of aliphatic imine (C=N–C) groups is 1. The lowest BCUT2D eigenvalue weighted by Crippen LogP contribution is -1.95. The molecule has 19 heavy (non-hydrogen) atoms. The lowest BCUT2D eigenvalue weighted by Gasteiger charge is -1.98. The maximum absolute atomic E-state index is 11.0. The first-order chi connectivity index (χ1) is 9.27. The van der Waals surface area contributed by atoms with Gasteiger partial charge < -0.3 is 5.11 Å². The fraction of sp³-hybridized carbons (Fsp3) is 0. The van der Waals surface area contributed by atoms with E-state index in [0.717, 1.165) is 5.56 Å². The van der Waals surface area contributed by atoms with Crippen molar-refractivity contribution in [1.82, 2.24) is 0 Å². The highest BCUT2D eigenvalue weighted by molar-refractivity contribution is 5.94. The minimum absolute atomic E-state index is 0.201. The first-order valence-corrected chi connectivity index (χ1v) is 5.85. The van der Waals surface area contributed by atoms with Gasteiger partial charge in [0.15, 0.2) is 0 Å². The van der Waals surface area contributed by atoms with Crippen LogP contribution < -0.4 is 0 Å². The second-order valence-electron chi connectivity index (χ2n) is 3.87. The van der Waals surface area contributed by atoms with Gasteiger partial charge >= 0.3 is 5.97 Å². The number of carboxylic acid groups (broad SMARTS) is 1. The highest BCUT2D eigenvalue weighted by atomic mass is 16.4. The highest BCUT2D eigenvalue weighted by Crippen LogP contribution is 2.17. The molecule has 1 N–H and O–H groups in total. The largest absolute Gasteiger partial charge is 0.478 e. The third-order valence-electron chi connectivity index (χ3n) is 2.52. The molecule has 0 amide bonds. The summed E-state index contributed by atoms with van der Waals surface area (Å²) in [6.07, 6.45) is 5.29. The number of aromatic carboxylic acids is 1. The summed E-state index contributed by atoms with van der Waals surface area (Å²) in [6, 6.07) is 16.5. The fourth-order valence-electron chi connectivity index (χ4n) is 1.61. The van der Waals surface area contributed by atoms with E-state index in [9.17, 15) is 4.79 Å². The van der Waals surface area contributed by atoms with Crippen molar-refractivity contribution >= 4 is 23.9 Å². The van der Waals surface area contributed by atoms with Crippen molar-refractivity contribution in [1.29, 1.82) is 0 Å². The number of rotatable bonds is 4. The van der Waals surface area contributed by atoms with Crippen LogP contribution in [0, 0.1) is 0 Å². The van der Waals surface area contributed by atoms with E-state index in [1.165, 1.54) is 6.07 Å². The van der Waals surface area contributed by atoms with Crippen LogP contribution in [0.25, 0.3) is 6.08 Å². The van der Waals surface area contributed by atoms with E-state index in [4.69, 9.17) is 5.11 Å². The van der Waals surface area contributed by atoms with E-state index in [2.05, 4.69) is 4.99 Å². The highest BCUT2D eigenvalue weighted by Gasteiger charge is 2.06. The maximum Gasteiger partial charge on any atom is 0.337 e. The summed E-state index contributed by atoms with van der Waals surface area (Å²) in [7, 11) is 0. The summed E-state index contributed by atoms with van der Waals surface area (Å²) in [5.41, 5.74) is 1.72. The predicted octanol–water partition coefficient (Wildman–Crippen LogP) is 3.80. The molecule has 0 unspecified atom stereocenters. The average Bonchev–Trinajstić information content (AvgIpc) is 2.45. The number of para-hydroxylation sites is 1. The summed E-state index contributed by atoms with van der Waals surface area (Å²) in [5, 5.41) is 9.01. The van der Waals surface area contributed by atoms with E-state index in [0.29, 0.717) is 5.69 Å². The molecule has 0 aliphatic rings. The summed E-state index contributed by atoms with van der Waals surface area (Å²) in [4.78, 5) is 15.1. The van der Waals surface area contributed by atoms with Gasteiger partial charge in [0.05, 0.1) is 11.3 Å². The second kappa shape index (κ2) is 6.31. The Labute approximate surface area is 111 Å². The zero-order valence-corrected chi connectivity index (χ0v) is 10.2. The Morgan fingerprint density at radius 2 is 1.68 bits per heavy atom. The minimum Gasteiger partial charge on any atom is -0.478 e. The SMILES string of the molecule is O=C(O)c1ccccc1N=C/C=C\c1ccccc1. The molecule has 0 saturated carbocycles. The van der Waals surface area contributed by atoms with E-state index in [-0.39, 0.29) is 5.56 Å². The van der Waals surface area contributed by atoms with Gasteiger partial charge in [-0.15, -0.1) is 0 Å². The van der Waals surface area contributed by atoms with Crippen molar-refractivity contribution in [3.63, 3.8) is 0 Å². The van der Waals surface area contributed by atoms with Gasteiger partial charge in [0.2, 0.25) is 0 Å². The van der Waals surface area contributed by atoms with Gasteiger partial charge in [0.1, 0.15) is 0 Å². The molecular formula is C16H13NO2. The van der Waals surface area contributed by atoms with Crippen molar-refractivity contribution < 1.29 is 9.90 Å². The van der Waals surface area contributed by atoms with Crippen molar-refractivity contribution in [2.75, 3.05) is 0 Å². The monoisotopic (exact) mass is 251 g/mol. The number of hydrogen-bond donors (Lipinski definition) is 1. The van der Waals surface area contributed by atoms with Crippen LogP contribution in [0.1, 0.15) is 15.9 Å². The molecule has 3 heteroatoms. The van der Waals surface area contributed by atoms with Crippen LogP contribution in [-0.4, -0.2) is 17.3 Å². The number of nitrogens with zero attached hydrogens (tertiary/aromatic N) is 1. The smallest absolute Gasteiger partial charge is 0.337 e. The van der Waals surface area contributed by atoms with Crippen molar-refractivity contribution in [3.05, 3.63) is 71.8 Å². The normalized spacial score (nSPS) is 11.2. The Balaban J connectivity index is 2.12. The van der Waals surface area contributed by atoms with Gasteiger partial charge in [-0.3, -0.25) is 4.99 Å². The molecule has 0 bridgehead atoms. The Hall–Kier alpha value is -2.68. The molecular weight excluding hydrogens is 238 g/mol. The Morgan fingerprint density at radius 1 is 1.00 bits per heavy atom. The summed E-state index contributed by atoms with van der Waals surface area (Å²) < 4.78 is 0. The first kappa shape index (κ1) is 12.8. The van der Waals surface area contributed by atoms with Crippen LogP contribution in [0.3, 0.4) is 0 Å². The van der Waals surface area contributed by atoms with Crippen molar-refractivity contribution in [3.8, 4) is 0 Å². The molecule has 2 rings (SSSR count). The lowest BCUT2D eigenvalue weighted by atomic mass is 10.2. The number of hydrogen-bond acceptors (Lipinski definition) is 2. The van der Waals surface area contributed by atoms with E-state index in [1.54, 1.807) is 30.5 Å². The van der Waals surface area contributed by atoms with Crippen LogP contribution in [0.15, 0.2) is 65.7 Å². The molecule has 0 saturated heterocycles. The molecule has 0 heterocycles. The fourth-order valence-corrected chi connectivity index (χ4v) is 1.61. The molecule has 0 aliphatic heterocycles. The topological polar surface area (TPSA) is 49.7 Å².